The SMILES string of the molecule is O=C(CO)CSC(=O)c1nc(C2CC2)ncc1-c1ccccc1Cl. The molecule has 1 aromatic heterocycles. The molecule has 1 heterocycles. The number of carbonyl (C=O) groups is 2. The third kappa shape index (κ3) is 3.83. The van der Waals surface area contributed by atoms with Gasteiger partial charge in [0.1, 0.15) is 18.1 Å². The lowest BCUT2D eigenvalue weighted by molar-refractivity contribution is -0.119. The Hall–Kier alpha value is -1.76. The van der Waals surface area contributed by atoms with Crippen LogP contribution in [0.1, 0.15) is 35.1 Å². The van der Waals surface area contributed by atoms with Crippen molar-refractivity contribution in [3.63, 3.8) is 0 Å². The van der Waals surface area contributed by atoms with Gasteiger partial charge in [-0.15, -0.1) is 0 Å². The molecule has 2 aromatic rings. The lowest BCUT2D eigenvalue weighted by atomic mass is 10.1. The zero-order chi connectivity index (χ0) is 17.1. The van der Waals surface area contributed by atoms with Crippen LogP contribution in [0.15, 0.2) is 30.5 Å². The molecular weight excluding hydrogens is 348 g/mol. The first-order valence-corrected chi connectivity index (χ1v) is 8.88. The molecule has 24 heavy (non-hydrogen) atoms. The van der Waals surface area contributed by atoms with Gasteiger partial charge in [0.2, 0.25) is 5.12 Å². The molecule has 0 spiro atoms. The summed E-state index contributed by atoms with van der Waals surface area (Å²) in [6, 6.07) is 7.18. The van der Waals surface area contributed by atoms with E-state index in [0.717, 1.165) is 24.6 Å². The third-order valence-corrected chi connectivity index (χ3v) is 4.90. The average Bonchev–Trinajstić information content (AvgIpc) is 3.44. The topological polar surface area (TPSA) is 80.1 Å². The highest BCUT2D eigenvalue weighted by Gasteiger charge is 2.29. The van der Waals surface area contributed by atoms with Gasteiger partial charge in [-0.1, -0.05) is 41.6 Å². The van der Waals surface area contributed by atoms with Crippen LogP contribution < -0.4 is 0 Å². The molecule has 0 radical (unpaired) electrons. The first-order valence-electron chi connectivity index (χ1n) is 7.51. The quantitative estimate of drug-likeness (QED) is 0.850. The number of halogens is 1. The lowest BCUT2D eigenvalue weighted by Gasteiger charge is -2.10. The summed E-state index contributed by atoms with van der Waals surface area (Å²) in [4.78, 5) is 32.6. The number of aliphatic hydroxyl groups is 1. The molecule has 5 nitrogen and oxygen atoms in total. The molecule has 3 rings (SSSR count). The van der Waals surface area contributed by atoms with Gasteiger partial charge in [0.25, 0.3) is 0 Å². The van der Waals surface area contributed by atoms with Crippen molar-refractivity contribution in [3.05, 3.63) is 47.0 Å². The molecule has 124 valence electrons. The number of nitrogens with zero attached hydrogens (tertiary/aromatic N) is 2. The van der Waals surface area contributed by atoms with E-state index in [1.54, 1.807) is 24.4 Å². The average molecular weight is 363 g/mol. The Morgan fingerprint density at radius 1 is 1.25 bits per heavy atom. The summed E-state index contributed by atoms with van der Waals surface area (Å²) in [5, 5.41) is 8.98. The molecule has 1 aliphatic rings. The number of carbonyl (C=O) groups excluding carboxylic acids is 2. The first-order chi connectivity index (χ1) is 11.6. The fourth-order valence-electron chi connectivity index (χ4n) is 2.23. The molecule has 0 amide bonds. The van der Waals surface area contributed by atoms with E-state index in [-0.39, 0.29) is 16.6 Å². The molecule has 0 atom stereocenters. The zero-order valence-electron chi connectivity index (χ0n) is 12.7. The molecule has 0 aliphatic heterocycles. The number of thioether (sulfide) groups is 1. The van der Waals surface area contributed by atoms with Gasteiger partial charge in [-0.2, -0.15) is 0 Å². The largest absolute Gasteiger partial charge is 0.389 e. The number of hydrogen-bond acceptors (Lipinski definition) is 6. The number of aromatic nitrogens is 2. The number of aliphatic hydroxyl groups excluding tert-OH is 1. The molecule has 1 fully saturated rings. The second-order valence-corrected chi connectivity index (χ2v) is 6.87. The normalized spacial score (nSPS) is 13.8. The van der Waals surface area contributed by atoms with Gasteiger partial charge in [-0.05, 0) is 18.9 Å². The minimum absolute atomic E-state index is 0.0833. The van der Waals surface area contributed by atoms with E-state index in [9.17, 15) is 9.59 Å². The molecular formula is C17H15ClN2O3S. The predicted molar refractivity (Wildman–Crippen MR) is 93.3 cm³/mol. The van der Waals surface area contributed by atoms with Crippen LogP contribution in [0, 0.1) is 0 Å². The summed E-state index contributed by atoms with van der Waals surface area (Å²) in [5.74, 6) is 0.480. The van der Waals surface area contributed by atoms with Crippen LogP contribution in [0.25, 0.3) is 11.1 Å². The molecule has 7 heteroatoms. The number of ketones is 1. The van der Waals surface area contributed by atoms with Crippen LogP contribution in [-0.2, 0) is 4.79 Å². The predicted octanol–water partition coefficient (Wildman–Crippen LogP) is 3.11. The molecule has 0 bridgehead atoms. The van der Waals surface area contributed by atoms with E-state index < -0.39 is 12.4 Å². The van der Waals surface area contributed by atoms with E-state index >= 15 is 0 Å². The standard InChI is InChI=1S/C17H15ClN2O3S/c18-14-4-2-1-3-12(14)13-7-19-16(10-5-6-10)20-15(13)17(23)24-9-11(22)8-21/h1-4,7,10,21H,5-6,8-9H2. The van der Waals surface area contributed by atoms with Gasteiger partial charge < -0.3 is 5.11 Å². The van der Waals surface area contributed by atoms with Crippen LogP contribution in [-0.4, -0.2) is 38.3 Å². The number of rotatable bonds is 6. The Morgan fingerprint density at radius 2 is 2.00 bits per heavy atom. The Morgan fingerprint density at radius 3 is 2.67 bits per heavy atom. The highest BCUT2D eigenvalue weighted by molar-refractivity contribution is 8.14. The fraction of sp³-hybridized carbons (Fsp3) is 0.294. The van der Waals surface area contributed by atoms with Crippen molar-refractivity contribution in [3.8, 4) is 11.1 Å². The Labute approximate surface area is 148 Å². The van der Waals surface area contributed by atoms with Crippen LogP contribution in [0.4, 0.5) is 0 Å². The molecule has 1 saturated carbocycles. The van der Waals surface area contributed by atoms with Crippen LogP contribution in [0.2, 0.25) is 5.02 Å². The Kier molecular flexibility index (Phi) is 5.28. The summed E-state index contributed by atoms with van der Waals surface area (Å²) < 4.78 is 0. The summed E-state index contributed by atoms with van der Waals surface area (Å²) in [6.07, 6.45) is 3.67. The second kappa shape index (κ2) is 7.42. The van der Waals surface area contributed by atoms with E-state index in [2.05, 4.69) is 9.97 Å². The number of hydrogen-bond donors (Lipinski definition) is 1. The van der Waals surface area contributed by atoms with Gasteiger partial charge in [-0.25, -0.2) is 9.97 Å². The smallest absolute Gasteiger partial charge is 0.238 e. The van der Waals surface area contributed by atoms with E-state index in [1.807, 2.05) is 6.07 Å². The summed E-state index contributed by atoms with van der Waals surface area (Å²) in [7, 11) is 0. The Balaban J connectivity index is 1.97. The van der Waals surface area contributed by atoms with Crippen molar-refractivity contribution in [1.29, 1.82) is 0 Å². The lowest BCUT2D eigenvalue weighted by Crippen LogP contribution is -2.11. The summed E-state index contributed by atoms with van der Waals surface area (Å²) in [6.45, 7) is -0.575. The number of benzene rings is 1. The van der Waals surface area contributed by atoms with Crippen molar-refractivity contribution < 1.29 is 14.7 Å². The summed E-state index contributed by atoms with van der Waals surface area (Å²) >= 11 is 7.08. The van der Waals surface area contributed by atoms with E-state index in [4.69, 9.17) is 16.7 Å². The first kappa shape index (κ1) is 17.1. The molecule has 1 aromatic carbocycles. The molecule has 1 N–H and O–H groups in total. The maximum atomic E-state index is 12.6. The van der Waals surface area contributed by atoms with E-state index in [0.29, 0.717) is 27.9 Å². The van der Waals surface area contributed by atoms with Gasteiger partial charge in [0.05, 0.1) is 5.75 Å². The minimum atomic E-state index is -0.575. The molecule has 0 saturated heterocycles. The zero-order valence-corrected chi connectivity index (χ0v) is 14.3. The highest BCUT2D eigenvalue weighted by Crippen LogP contribution is 2.39. The van der Waals surface area contributed by atoms with Crippen molar-refractivity contribution in [2.45, 2.75) is 18.8 Å². The summed E-state index contributed by atoms with van der Waals surface area (Å²) in [5.41, 5.74) is 1.49. The van der Waals surface area contributed by atoms with Gasteiger partial charge in [-0.3, -0.25) is 9.59 Å². The van der Waals surface area contributed by atoms with Crippen LogP contribution >= 0.6 is 23.4 Å². The van der Waals surface area contributed by atoms with E-state index in [1.165, 1.54) is 0 Å². The number of Topliss-reactive ketones (excluding diaryl/α,β-unsaturated/α-hetero) is 1. The van der Waals surface area contributed by atoms with Crippen LogP contribution in [0.3, 0.4) is 0 Å². The monoisotopic (exact) mass is 362 g/mol. The van der Waals surface area contributed by atoms with Gasteiger partial charge in [0, 0.05) is 28.3 Å². The highest BCUT2D eigenvalue weighted by atomic mass is 35.5. The van der Waals surface area contributed by atoms with Crippen molar-refractivity contribution in [2.24, 2.45) is 0 Å². The van der Waals surface area contributed by atoms with Crippen molar-refractivity contribution in [1.82, 2.24) is 9.97 Å². The second-order valence-electron chi connectivity index (χ2n) is 5.52. The van der Waals surface area contributed by atoms with Crippen LogP contribution in [0.5, 0.6) is 0 Å². The molecule has 1 aliphatic carbocycles. The maximum absolute atomic E-state index is 12.6. The Bertz CT molecular complexity index is 793. The van der Waals surface area contributed by atoms with Gasteiger partial charge in [0.15, 0.2) is 5.78 Å². The van der Waals surface area contributed by atoms with Crippen molar-refractivity contribution >= 4 is 34.3 Å². The third-order valence-electron chi connectivity index (χ3n) is 3.65. The maximum Gasteiger partial charge on any atom is 0.238 e. The fourth-order valence-corrected chi connectivity index (χ4v) is 3.14. The van der Waals surface area contributed by atoms with Gasteiger partial charge >= 0.3 is 0 Å². The van der Waals surface area contributed by atoms with Crippen molar-refractivity contribution in [2.75, 3.05) is 12.4 Å². The minimum Gasteiger partial charge on any atom is -0.389 e. The molecule has 0 unspecified atom stereocenters.